The maximum absolute atomic E-state index is 12.1. The molecule has 0 saturated carbocycles. The second kappa shape index (κ2) is 9.48. The maximum Gasteiger partial charge on any atom is 0.232 e. The molecule has 0 aliphatic rings. The van der Waals surface area contributed by atoms with Crippen molar-refractivity contribution in [3.63, 3.8) is 0 Å². The highest BCUT2D eigenvalue weighted by atomic mass is 35.5. The molecule has 122 valence electrons. The monoisotopic (exact) mass is 349 g/mol. The van der Waals surface area contributed by atoms with Crippen LogP contribution in [0.25, 0.3) is 0 Å². The fourth-order valence-corrected chi connectivity index (χ4v) is 2.91. The van der Waals surface area contributed by atoms with Gasteiger partial charge in [0.05, 0.1) is 12.4 Å². The zero-order chi connectivity index (χ0) is 16.5. The van der Waals surface area contributed by atoms with Crippen LogP contribution in [0.1, 0.15) is 5.56 Å². The number of amides is 1. The lowest BCUT2D eigenvalue weighted by Crippen LogP contribution is -2.28. The van der Waals surface area contributed by atoms with Crippen molar-refractivity contribution in [2.45, 2.75) is 6.54 Å². The Hall–Kier alpha value is -1.65. The van der Waals surface area contributed by atoms with Gasteiger partial charge in [0, 0.05) is 24.4 Å². The van der Waals surface area contributed by atoms with Crippen molar-refractivity contribution in [1.29, 1.82) is 0 Å². The van der Waals surface area contributed by atoms with Gasteiger partial charge in [-0.1, -0.05) is 48.0 Å². The molecule has 23 heavy (non-hydrogen) atoms. The number of ether oxygens (including phenoxy) is 1. The van der Waals surface area contributed by atoms with Crippen molar-refractivity contribution in [2.75, 3.05) is 25.2 Å². The standard InChI is InChI=1S/C18H20ClNO2S/c1-20(13-15-6-3-2-4-7-15)18(21)14-23-11-10-22-17-9-5-8-16(19)12-17/h2-9,12H,10-11,13-14H2,1H3. The molecule has 0 atom stereocenters. The van der Waals surface area contributed by atoms with Crippen LogP contribution >= 0.6 is 23.4 Å². The van der Waals surface area contributed by atoms with Crippen LogP contribution in [0.15, 0.2) is 54.6 Å². The molecule has 0 aliphatic heterocycles. The van der Waals surface area contributed by atoms with E-state index in [1.807, 2.05) is 55.6 Å². The Kier molecular flexibility index (Phi) is 7.30. The summed E-state index contributed by atoms with van der Waals surface area (Å²) in [6.07, 6.45) is 0. The van der Waals surface area contributed by atoms with Gasteiger partial charge >= 0.3 is 0 Å². The lowest BCUT2D eigenvalue weighted by Gasteiger charge is -2.17. The molecule has 5 heteroatoms. The van der Waals surface area contributed by atoms with Crippen molar-refractivity contribution < 1.29 is 9.53 Å². The van der Waals surface area contributed by atoms with Crippen LogP contribution in [0.5, 0.6) is 5.75 Å². The summed E-state index contributed by atoms with van der Waals surface area (Å²) in [5.41, 5.74) is 1.14. The van der Waals surface area contributed by atoms with Crippen LogP contribution in [0.4, 0.5) is 0 Å². The lowest BCUT2D eigenvalue weighted by molar-refractivity contribution is -0.127. The normalized spacial score (nSPS) is 10.3. The molecule has 0 fully saturated rings. The average Bonchev–Trinajstić information content (AvgIpc) is 2.55. The number of halogens is 1. The van der Waals surface area contributed by atoms with Gasteiger partial charge in [0.2, 0.25) is 5.91 Å². The van der Waals surface area contributed by atoms with E-state index in [9.17, 15) is 4.79 Å². The maximum atomic E-state index is 12.1. The van der Waals surface area contributed by atoms with Crippen LogP contribution in [-0.4, -0.2) is 36.0 Å². The number of carbonyl (C=O) groups is 1. The van der Waals surface area contributed by atoms with Crippen LogP contribution in [0, 0.1) is 0 Å². The molecule has 2 aromatic rings. The van der Waals surface area contributed by atoms with Gasteiger partial charge < -0.3 is 9.64 Å². The molecule has 0 aliphatic carbocycles. The van der Waals surface area contributed by atoms with Crippen LogP contribution in [0.3, 0.4) is 0 Å². The van der Waals surface area contributed by atoms with Gasteiger partial charge in [0.25, 0.3) is 0 Å². The Morgan fingerprint density at radius 2 is 1.96 bits per heavy atom. The summed E-state index contributed by atoms with van der Waals surface area (Å²) in [5.74, 6) is 2.10. The van der Waals surface area contributed by atoms with Gasteiger partial charge in [-0.2, -0.15) is 0 Å². The van der Waals surface area contributed by atoms with Gasteiger partial charge in [0.1, 0.15) is 5.75 Å². The third kappa shape index (κ3) is 6.55. The quantitative estimate of drug-likeness (QED) is 0.672. The fraction of sp³-hybridized carbons (Fsp3) is 0.278. The van der Waals surface area contributed by atoms with E-state index in [2.05, 4.69) is 0 Å². The van der Waals surface area contributed by atoms with Crippen molar-refractivity contribution in [3.05, 3.63) is 65.2 Å². The number of carbonyl (C=O) groups excluding carboxylic acids is 1. The number of benzene rings is 2. The first-order valence-electron chi connectivity index (χ1n) is 7.39. The molecule has 0 radical (unpaired) electrons. The van der Waals surface area contributed by atoms with Crippen LogP contribution < -0.4 is 4.74 Å². The summed E-state index contributed by atoms with van der Waals surface area (Å²) in [7, 11) is 1.83. The molecular weight excluding hydrogens is 330 g/mol. The Bertz CT molecular complexity index is 621. The Balaban J connectivity index is 1.62. The van der Waals surface area contributed by atoms with Crippen LogP contribution in [0.2, 0.25) is 5.02 Å². The number of nitrogens with zero attached hydrogens (tertiary/aromatic N) is 1. The van der Waals surface area contributed by atoms with E-state index in [-0.39, 0.29) is 5.91 Å². The molecule has 0 unspecified atom stereocenters. The molecular formula is C18H20ClNO2S. The molecule has 2 rings (SSSR count). The largest absolute Gasteiger partial charge is 0.493 e. The Morgan fingerprint density at radius 3 is 2.70 bits per heavy atom. The zero-order valence-electron chi connectivity index (χ0n) is 13.1. The van der Waals surface area contributed by atoms with E-state index in [4.69, 9.17) is 16.3 Å². The summed E-state index contributed by atoms with van der Waals surface area (Å²) >= 11 is 7.47. The average molecular weight is 350 g/mol. The molecule has 2 aromatic carbocycles. The molecule has 1 amide bonds. The van der Waals surface area contributed by atoms with Crippen molar-refractivity contribution in [3.8, 4) is 5.75 Å². The van der Waals surface area contributed by atoms with Gasteiger partial charge in [-0.3, -0.25) is 4.79 Å². The van der Waals surface area contributed by atoms with Gasteiger partial charge in [-0.25, -0.2) is 0 Å². The smallest absolute Gasteiger partial charge is 0.232 e. The van der Waals surface area contributed by atoms with E-state index in [1.54, 1.807) is 22.7 Å². The predicted octanol–water partition coefficient (Wildman–Crippen LogP) is 4.11. The third-order valence-corrected chi connectivity index (χ3v) is 4.35. The summed E-state index contributed by atoms with van der Waals surface area (Å²) in [6.45, 7) is 1.19. The van der Waals surface area contributed by atoms with Gasteiger partial charge in [0.15, 0.2) is 0 Å². The number of thioether (sulfide) groups is 1. The SMILES string of the molecule is CN(Cc1ccccc1)C(=O)CSCCOc1cccc(Cl)c1. The first kappa shape index (κ1) is 17.7. The molecule has 0 bridgehead atoms. The van der Waals surface area contributed by atoms with Crippen LogP contribution in [-0.2, 0) is 11.3 Å². The molecule has 0 aromatic heterocycles. The minimum absolute atomic E-state index is 0.126. The number of hydrogen-bond donors (Lipinski definition) is 0. The van der Waals surface area contributed by atoms with E-state index >= 15 is 0 Å². The Morgan fingerprint density at radius 1 is 1.17 bits per heavy atom. The minimum Gasteiger partial charge on any atom is -0.493 e. The first-order chi connectivity index (χ1) is 11.1. The highest BCUT2D eigenvalue weighted by molar-refractivity contribution is 7.99. The van der Waals surface area contributed by atoms with Gasteiger partial charge in [-0.05, 0) is 23.8 Å². The second-order valence-electron chi connectivity index (χ2n) is 5.09. The molecule has 3 nitrogen and oxygen atoms in total. The van der Waals surface area contributed by atoms with E-state index in [0.717, 1.165) is 17.1 Å². The van der Waals surface area contributed by atoms with Crippen molar-refractivity contribution in [2.24, 2.45) is 0 Å². The number of rotatable bonds is 8. The molecule has 0 heterocycles. The fourth-order valence-electron chi connectivity index (χ4n) is 1.99. The topological polar surface area (TPSA) is 29.5 Å². The summed E-state index contributed by atoms with van der Waals surface area (Å²) in [4.78, 5) is 13.8. The first-order valence-corrected chi connectivity index (χ1v) is 8.92. The molecule has 0 spiro atoms. The van der Waals surface area contributed by atoms with E-state index in [1.165, 1.54) is 0 Å². The number of hydrogen-bond acceptors (Lipinski definition) is 3. The molecule has 0 saturated heterocycles. The van der Waals surface area contributed by atoms with Crippen molar-refractivity contribution in [1.82, 2.24) is 4.90 Å². The lowest BCUT2D eigenvalue weighted by atomic mass is 10.2. The van der Waals surface area contributed by atoms with Gasteiger partial charge in [-0.15, -0.1) is 11.8 Å². The second-order valence-corrected chi connectivity index (χ2v) is 6.64. The van der Waals surface area contributed by atoms with E-state index < -0.39 is 0 Å². The Labute approximate surface area is 146 Å². The summed E-state index contributed by atoms with van der Waals surface area (Å²) < 4.78 is 5.59. The minimum atomic E-state index is 0.126. The molecule has 0 N–H and O–H groups in total. The summed E-state index contributed by atoms with van der Waals surface area (Å²) in [5, 5.41) is 0.660. The highest BCUT2D eigenvalue weighted by Crippen LogP contribution is 2.17. The predicted molar refractivity (Wildman–Crippen MR) is 97.2 cm³/mol. The third-order valence-electron chi connectivity index (χ3n) is 3.21. The van der Waals surface area contributed by atoms with Crippen molar-refractivity contribution >= 4 is 29.3 Å². The highest BCUT2D eigenvalue weighted by Gasteiger charge is 2.09. The summed E-state index contributed by atoms with van der Waals surface area (Å²) in [6, 6.07) is 17.3. The van der Waals surface area contributed by atoms with E-state index in [0.29, 0.717) is 23.9 Å². The zero-order valence-corrected chi connectivity index (χ0v) is 14.6.